The summed E-state index contributed by atoms with van der Waals surface area (Å²) in [4.78, 5) is 28.9. The normalized spacial score (nSPS) is 17.3. The van der Waals surface area contributed by atoms with Crippen molar-refractivity contribution in [2.45, 2.75) is 26.1 Å². The molecule has 1 aliphatic heterocycles. The standard InChI is InChI=1S/C23H28Cl2N4O2/c1-17-14-28(15-22(30)26-12-18-6-2-4-8-20(18)24)10-11-29(17)16-23(31)27-13-19-7-3-5-9-21(19)25/h2-9,17H,10-16H2,1H3,(H,26,30)(H,27,31). The van der Waals surface area contributed by atoms with E-state index in [1.165, 1.54) is 0 Å². The van der Waals surface area contributed by atoms with Crippen molar-refractivity contribution in [3.63, 3.8) is 0 Å². The van der Waals surface area contributed by atoms with Crippen molar-refractivity contribution in [2.24, 2.45) is 0 Å². The van der Waals surface area contributed by atoms with Crippen molar-refractivity contribution in [1.29, 1.82) is 0 Å². The van der Waals surface area contributed by atoms with Gasteiger partial charge in [0.1, 0.15) is 0 Å². The van der Waals surface area contributed by atoms with Crippen LogP contribution in [0.4, 0.5) is 0 Å². The molecule has 2 N–H and O–H groups in total. The molecule has 0 bridgehead atoms. The van der Waals surface area contributed by atoms with Gasteiger partial charge in [0.05, 0.1) is 13.1 Å². The second-order valence-electron chi connectivity index (χ2n) is 7.79. The van der Waals surface area contributed by atoms with Crippen LogP contribution < -0.4 is 10.6 Å². The van der Waals surface area contributed by atoms with E-state index in [0.717, 1.165) is 30.8 Å². The Bertz CT molecular complexity index is 909. The molecule has 0 aromatic heterocycles. The SMILES string of the molecule is CC1CN(CC(=O)NCc2ccccc2Cl)CCN1CC(=O)NCc1ccccc1Cl. The van der Waals surface area contributed by atoms with Gasteiger partial charge in [-0.25, -0.2) is 0 Å². The van der Waals surface area contributed by atoms with Crippen LogP contribution in [0.5, 0.6) is 0 Å². The van der Waals surface area contributed by atoms with Crippen molar-refractivity contribution >= 4 is 35.0 Å². The van der Waals surface area contributed by atoms with Gasteiger partial charge < -0.3 is 10.6 Å². The number of halogens is 2. The Balaban J connectivity index is 1.38. The lowest BCUT2D eigenvalue weighted by atomic mass is 10.2. The molecule has 1 unspecified atom stereocenters. The highest BCUT2D eigenvalue weighted by Gasteiger charge is 2.26. The monoisotopic (exact) mass is 462 g/mol. The fraction of sp³-hybridized carbons (Fsp3) is 0.391. The molecular weight excluding hydrogens is 435 g/mol. The van der Waals surface area contributed by atoms with E-state index in [1.54, 1.807) is 0 Å². The molecule has 1 aliphatic rings. The first-order valence-electron chi connectivity index (χ1n) is 10.4. The molecule has 0 spiro atoms. The average Bonchev–Trinajstić information content (AvgIpc) is 2.74. The molecule has 1 atom stereocenters. The Morgan fingerprint density at radius 3 is 1.90 bits per heavy atom. The summed E-state index contributed by atoms with van der Waals surface area (Å²) in [6.45, 7) is 5.78. The molecule has 166 valence electrons. The van der Waals surface area contributed by atoms with Gasteiger partial charge in [0.15, 0.2) is 0 Å². The number of hydrogen-bond acceptors (Lipinski definition) is 4. The van der Waals surface area contributed by atoms with Crippen molar-refractivity contribution in [1.82, 2.24) is 20.4 Å². The molecule has 0 saturated carbocycles. The van der Waals surface area contributed by atoms with Gasteiger partial charge in [0.25, 0.3) is 0 Å². The van der Waals surface area contributed by atoms with Crippen LogP contribution in [0.25, 0.3) is 0 Å². The number of rotatable bonds is 8. The Morgan fingerprint density at radius 2 is 1.39 bits per heavy atom. The summed E-state index contributed by atoms with van der Waals surface area (Å²) in [5.41, 5.74) is 1.80. The fourth-order valence-corrected chi connectivity index (χ4v) is 4.02. The summed E-state index contributed by atoms with van der Waals surface area (Å²) in [5, 5.41) is 7.16. The highest BCUT2D eigenvalue weighted by Crippen LogP contribution is 2.15. The Kier molecular flexibility index (Phi) is 8.72. The summed E-state index contributed by atoms with van der Waals surface area (Å²) in [7, 11) is 0. The van der Waals surface area contributed by atoms with E-state index >= 15 is 0 Å². The summed E-state index contributed by atoms with van der Waals surface area (Å²) >= 11 is 12.3. The number of nitrogens with one attached hydrogen (secondary N) is 2. The van der Waals surface area contributed by atoms with E-state index in [9.17, 15) is 9.59 Å². The molecule has 1 heterocycles. The van der Waals surface area contributed by atoms with Gasteiger partial charge in [-0.05, 0) is 30.2 Å². The predicted octanol–water partition coefficient (Wildman–Crippen LogP) is 2.93. The van der Waals surface area contributed by atoms with Gasteiger partial charge in [0.2, 0.25) is 11.8 Å². The average molecular weight is 463 g/mol. The van der Waals surface area contributed by atoms with Crippen molar-refractivity contribution in [2.75, 3.05) is 32.7 Å². The zero-order chi connectivity index (χ0) is 22.2. The van der Waals surface area contributed by atoms with Crippen LogP contribution in [0.1, 0.15) is 18.1 Å². The Hall–Kier alpha value is -2.12. The van der Waals surface area contributed by atoms with Gasteiger partial charge in [-0.3, -0.25) is 19.4 Å². The second-order valence-corrected chi connectivity index (χ2v) is 8.61. The molecule has 31 heavy (non-hydrogen) atoms. The quantitative estimate of drug-likeness (QED) is 0.632. The molecular formula is C23H28Cl2N4O2. The van der Waals surface area contributed by atoms with Crippen LogP contribution in [0.15, 0.2) is 48.5 Å². The third-order valence-corrected chi connectivity index (χ3v) is 6.17. The number of carbonyl (C=O) groups is 2. The fourth-order valence-electron chi connectivity index (χ4n) is 3.62. The molecule has 8 heteroatoms. The minimum Gasteiger partial charge on any atom is -0.351 e. The summed E-state index contributed by atoms with van der Waals surface area (Å²) < 4.78 is 0. The molecule has 0 radical (unpaired) electrons. The van der Waals surface area contributed by atoms with Crippen LogP contribution >= 0.6 is 23.2 Å². The first-order chi connectivity index (χ1) is 14.9. The van der Waals surface area contributed by atoms with Gasteiger partial charge >= 0.3 is 0 Å². The molecule has 1 fully saturated rings. The van der Waals surface area contributed by atoms with Gasteiger partial charge in [-0.15, -0.1) is 0 Å². The zero-order valence-corrected chi connectivity index (χ0v) is 19.1. The first-order valence-corrected chi connectivity index (χ1v) is 11.1. The van der Waals surface area contributed by atoms with Crippen LogP contribution in [0.2, 0.25) is 10.0 Å². The number of nitrogens with zero attached hydrogens (tertiary/aromatic N) is 2. The number of piperazine rings is 1. The largest absolute Gasteiger partial charge is 0.351 e. The topological polar surface area (TPSA) is 64.7 Å². The van der Waals surface area contributed by atoms with Gasteiger partial charge in [-0.2, -0.15) is 0 Å². The highest BCUT2D eigenvalue weighted by molar-refractivity contribution is 6.31. The molecule has 6 nitrogen and oxygen atoms in total. The Labute approximate surface area is 193 Å². The molecule has 0 aliphatic carbocycles. The number of carbonyl (C=O) groups excluding carboxylic acids is 2. The molecule has 1 saturated heterocycles. The molecule has 2 aromatic rings. The lowest BCUT2D eigenvalue weighted by Gasteiger charge is -2.39. The maximum absolute atomic E-state index is 12.4. The molecule has 2 amide bonds. The number of hydrogen-bond donors (Lipinski definition) is 2. The predicted molar refractivity (Wildman–Crippen MR) is 124 cm³/mol. The second kappa shape index (κ2) is 11.5. The van der Waals surface area contributed by atoms with Crippen molar-refractivity contribution in [3.05, 3.63) is 69.7 Å². The summed E-state index contributed by atoms with van der Waals surface area (Å²) in [6, 6.07) is 15.1. The van der Waals surface area contributed by atoms with E-state index in [1.807, 2.05) is 48.5 Å². The lowest BCUT2D eigenvalue weighted by molar-refractivity contribution is -0.126. The minimum absolute atomic E-state index is 0.0296. The minimum atomic E-state index is -0.0299. The van der Waals surface area contributed by atoms with E-state index < -0.39 is 0 Å². The molecule has 3 rings (SSSR count). The van der Waals surface area contributed by atoms with E-state index in [2.05, 4.69) is 27.4 Å². The maximum atomic E-state index is 12.4. The van der Waals surface area contributed by atoms with Gasteiger partial charge in [0, 0.05) is 48.8 Å². The lowest BCUT2D eigenvalue weighted by Crippen LogP contribution is -2.55. The van der Waals surface area contributed by atoms with Crippen LogP contribution in [-0.4, -0.2) is 60.4 Å². The molecule has 2 aromatic carbocycles. The highest BCUT2D eigenvalue weighted by atomic mass is 35.5. The first kappa shape index (κ1) is 23.5. The number of benzene rings is 2. The maximum Gasteiger partial charge on any atom is 0.234 e. The van der Waals surface area contributed by atoms with Crippen molar-refractivity contribution < 1.29 is 9.59 Å². The van der Waals surface area contributed by atoms with E-state index in [4.69, 9.17) is 23.2 Å². The van der Waals surface area contributed by atoms with Crippen LogP contribution in [0.3, 0.4) is 0 Å². The Morgan fingerprint density at radius 1 is 0.871 bits per heavy atom. The third-order valence-electron chi connectivity index (χ3n) is 5.43. The zero-order valence-electron chi connectivity index (χ0n) is 17.6. The van der Waals surface area contributed by atoms with Crippen LogP contribution in [-0.2, 0) is 22.7 Å². The third kappa shape index (κ3) is 7.21. The van der Waals surface area contributed by atoms with E-state index in [-0.39, 0.29) is 17.9 Å². The van der Waals surface area contributed by atoms with E-state index in [0.29, 0.717) is 36.2 Å². The summed E-state index contributed by atoms with van der Waals surface area (Å²) in [5.74, 6) is -0.0595. The summed E-state index contributed by atoms with van der Waals surface area (Å²) in [6.07, 6.45) is 0. The number of amides is 2. The smallest absolute Gasteiger partial charge is 0.234 e. The van der Waals surface area contributed by atoms with Crippen molar-refractivity contribution in [3.8, 4) is 0 Å². The van der Waals surface area contributed by atoms with Crippen LogP contribution in [0, 0.1) is 0 Å². The van der Waals surface area contributed by atoms with Gasteiger partial charge in [-0.1, -0.05) is 59.6 Å².